The van der Waals surface area contributed by atoms with Crippen molar-refractivity contribution in [2.45, 2.75) is 16.6 Å². The van der Waals surface area contributed by atoms with Crippen LogP contribution >= 0.6 is 34.8 Å². The molecule has 0 aromatic rings. The van der Waals surface area contributed by atoms with Gasteiger partial charge in [0.05, 0.1) is 0 Å². The number of alkyl halides is 3. The van der Waals surface area contributed by atoms with Crippen molar-refractivity contribution in [3.8, 4) is 0 Å². The summed E-state index contributed by atoms with van der Waals surface area (Å²) in [6, 6.07) is 0. The first-order valence-corrected chi connectivity index (χ1v) is 3.37. The van der Waals surface area contributed by atoms with Gasteiger partial charge in [-0.3, -0.25) is 0 Å². The SMILES string of the molecule is OCCCC(Cl)(Cl)Cl. The van der Waals surface area contributed by atoms with Gasteiger partial charge in [0.1, 0.15) is 0 Å². The molecule has 0 amide bonds. The largest absolute Gasteiger partial charge is 0.396 e. The Bertz CT molecular complexity index is 58.8. The van der Waals surface area contributed by atoms with Gasteiger partial charge in [-0.05, 0) is 12.8 Å². The van der Waals surface area contributed by atoms with Crippen LogP contribution in [0.15, 0.2) is 0 Å². The van der Waals surface area contributed by atoms with Crippen LogP contribution in [0.4, 0.5) is 0 Å². The van der Waals surface area contributed by atoms with E-state index < -0.39 is 3.79 Å². The Balaban J connectivity index is 3.11. The molecule has 0 aromatic carbocycles. The lowest BCUT2D eigenvalue weighted by Gasteiger charge is -2.07. The van der Waals surface area contributed by atoms with Crippen LogP contribution in [0, 0.1) is 0 Å². The quantitative estimate of drug-likeness (QED) is 0.641. The summed E-state index contributed by atoms with van der Waals surface area (Å²) in [6.07, 6.45) is 0.949. The normalized spacial score (nSPS) is 12.0. The summed E-state index contributed by atoms with van der Waals surface area (Å²) < 4.78 is -1.19. The second-order valence-corrected chi connectivity index (χ2v) is 3.96. The van der Waals surface area contributed by atoms with E-state index in [1.165, 1.54) is 0 Å². The molecule has 0 unspecified atom stereocenters. The smallest absolute Gasteiger partial charge is 0.190 e. The lowest BCUT2D eigenvalue weighted by atomic mass is 10.4. The molecule has 0 bridgehead atoms. The van der Waals surface area contributed by atoms with E-state index >= 15 is 0 Å². The summed E-state index contributed by atoms with van der Waals surface area (Å²) in [5.41, 5.74) is 0. The van der Waals surface area contributed by atoms with Crippen molar-refractivity contribution in [1.29, 1.82) is 0 Å². The molecular formula is C4H7Cl3O. The Morgan fingerprint density at radius 1 is 1.25 bits per heavy atom. The minimum Gasteiger partial charge on any atom is -0.396 e. The molecule has 0 rings (SSSR count). The summed E-state index contributed by atoms with van der Waals surface area (Å²) in [5.74, 6) is 0. The van der Waals surface area contributed by atoms with Crippen molar-refractivity contribution in [1.82, 2.24) is 0 Å². The van der Waals surface area contributed by atoms with E-state index in [0.29, 0.717) is 12.8 Å². The summed E-state index contributed by atoms with van der Waals surface area (Å²) >= 11 is 16.0. The molecule has 0 aliphatic heterocycles. The molecule has 0 fully saturated rings. The van der Waals surface area contributed by atoms with Gasteiger partial charge in [-0.25, -0.2) is 0 Å². The Morgan fingerprint density at radius 2 is 1.75 bits per heavy atom. The lowest BCUT2D eigenvalue weighted by molar-refractivity contribution is 0.285. The van der Waals surface area contributed by atoms with E-state index in [2.05, 4.69) is 0 Å². The highest BCUT2D eigenvalue weighted by atomic mass is 35.6. The van der Waals surface area contributed by atoms with Gasteiger partial charge in [0.15, 0.2) is 3.79 Å². The van der Waals surface area contributed by atoms with Crippen LogP contribution in [0.5, 0.6) is 0 Å². The van der Waals surface area contributed by atoms with Gasteiger partial charge >= 0.3 is 0 Å². The summed E-state index contributed by atoms with van der Waals surface area (Å²) in [6.45, 7) is 0.0773. The standard InChI is InChI=1S/C4H7Cl3O/c5-4(6,7)2-1-3-8/h8H,1-3H2. The zero-order chi connectivity index (χ0) is 6.62. The molecule has 0 atom stereocenters. The van der Waals surface area contributed by atoms with Gasteiger partial charge in [-0.2, -0.15) is 0 Å². The molecule has 1 nitrogen and oxygen atoms in total. The highest BCUT2D eigenvalue weighted by molar-refractivity contribution is 6.67. The average molecular weight is 177 g/mol. The Labute approximate surface area is 63.5 Å². The van der Waals surface area contributed by atoms with Crippen LogP contribution < -0.4 is 0 Å². The van der Waals surface area contributed by atoms with Gasteiger partial charge in [-0.15, -0.1) is 0 Å². The molecule has 8 heavy (non-hydrogen) atoms. The van der Waals surface area contributed by atoms with Crippen LogP contribution in [0.2, 0.25) is 0 Å². The molecule has 0 aromatic heterocycles. The molecule has 0 saturated heterocycles. The van der Waals surface area contributed by atoms with Gasteiger partial charge in [-0.1, -0.05) is 34.8 Å². The van der Waals surface area contributed by atoms with E-state index in [-0.39, 0.29) is 6.61 Å². The van der Waals surface area contributed by atoms with Crippen molar-refractivity contribution in [3.63, 3.8) is 0 Å². The van der Waals surface area contributed by atoms with Gasteiger partial charge in [0.2, 0.25) is 0 Å². The fourth-order valence-corrected chi connectivity index (χ4v) is 0.680. The molecule has 1 N–H and O–H groups in total. The summed E-state index contributed by atoms with van der Waals surface area (Å²) in [5, 5.41) is 8.25. The first kappa shape index (κ1) is 8.83. The summed E-state index contributed by atoms with van der Waals surface area (Å²) in [4.78, 5) is 0. The number of hydrogen-bond acceptors (Lipinski definition) is 1. The van der Waals surface area contributed by atoms with Crippen LogP contribution in [0.25, 0.3) is 0 Å². The number of aliphatic hydroxyl groups is 1. The molecule has 50 valence electrons. The molecule has 0 aliphatic carbocycles. The van der Waals surface area contributed by atoms with Crippen LogP contribution in [-0.2, 0) is 0 Å². The third-order valence-corrected chi connectivity index (χ3v) is 1.19. The fourth-order valence-electron chi connectivity index (χ4n) is 0.280. The van der Waals surface area contributed by atoms with E-state index in [1.54, 1.807) is 0 Å². The number of halogens is 3. The fraction of sp³-hybridized carbons (Fsp3) is 1.00. The Hall–Kier alpha value is 0.830. The Kier molecular flexibility index (Phi) is 4.17. The summed E-state index contributed by atoms with van der Waals surface area (Å²) in [7, 11) is 0. The van der Waals surface area contributed by atoms with Gasteiger partial charge < -0.3 is 5.11 Å². The van der Waals surface area contributed by atoms with E-state index in [4.69, 9.17) is 39.9 Å². The lowest BCUT2D eigenvalue weighted by Crippen LogP contribution is -2.02. The third kappa shape index (κ3) is 6.83. The van der Waals surface area contributed by atoms with Crippen LogP contribution in [0.3, 0.4) is 0 Å². The zero-order valence-corrected chi connectivity index (χ0v) is 6.47. The number of rotatable bonds is 2. The Morgan fingerprint density at radius 3 is 1.88 bits per heavy atom. The molecule has 0 spiro atoms. The molecule has 0 saturated carbocycles. The van der Waals surface area contributed by atoms with E-state index in [0.717, 1.165) is 0 Å². The monoisotopic (exact) mass is 176 g/mol. The predicted molar refractivity (Wildman–Crippen MR) is 36.6 cm³/mol. The first-order valence-electron chi connectivity index (χ1n) is 2.24. The second kappa shape index (κ2) is 3.78. The van der Waals surface area contributed by atoms with E-state index in [1.807, 2.05) is 0 Å². The molecule has 0 radical (unpaired) electrons. The topological polar surface area (TPSA) is 20.2 Å². The average Bonchev–Trinajstić information content (AvgIpc) is 1.59. The first-order chi connectivity index (χ1) is 3.56. The van der Waals surface area contributed by atoms with Crippen molar-refractivity contribution < 1.29 is 5.11 Å². The van der Waals surface area contributed by atoms with Crippen molar-refractivity contribution >= 4 is 34.8 Å². The maximum Gasteiger partial charge on any atom is 0.190 e. The second-order valence-electron chi connectivity index (χ2n) is 1.44. The minimum absolute atomic E-state index is 0.0773. The molecule has 0 aliphatic rings. The van der Waals surface area contributed by atoms with Crippen molar-refractivity contribution in [3.05, 3.63) is 0 Å². The maximum atomic E-state index is 8.25. The predicted octanol–water partition coefficient (Wildman–Crippen LogP) is 2.13. The molecule has 4 heteroatoms. The van der Waals surface area contributed by atoms with Gasteiger partial charge in [0.25, 0.3) is 0 Å². The van der Waals surface area contributed by atoms with E-state index in [9.17, 15) is 0 Å². The molecular weight excluding hydrogens is 170 g/mol. The van der Waals surface area contributed by atoms with Crippen molar-refractivity contribution in [2.75, 3.05) is 6.61 Å². The van der Waals surface area contributed by atoms with Gasteiger partial charge in [0, 0.05) is 6.61 Å². The molecule has 0 heterocycles. The maximum absolute atomic E-state index is 8.25. The van der Waals surface area contributed by atoms with Crippen LogP contribution in [0.1, 0.15) is 12.8 Å². The highest BCUT2D eigenvalue weighted by Gasteiger charge is 2.17. The third-order valence-electron chi connectivity index (χ3n) is 0.618. The van der Waals surface area contributed by atoms with Crippen LogP contribution in [-0.4, -0.2) is 15.5 Å². The van der Waals surface area contributed by atoms with Crippen molar-refractivity contribution in [2.24, 2.45) is 0 Å². The minimum atomic E-state index is -1.19. The number of hydrogen-bond donors (Lipinski definition) is 1. The number of aliphatic hydroxyl groups excluding tert-OH is 1. The highest BCUT2D eigenvalue weighted by Crippen LogP contribution is 2.30. The zero-order valence-electron chi connectivity index (χ0n) is 4.20.